The summed E-state index contributed by atoms with van der Waals surface area (Å²) in [7, 11) is 0. The highest BCUT2D eigenvalue weighted by molar-refractivity contribution is 7.10. The van der Waals surface area contributed by atoms with Gasteiger partial charge in [0.15, 0.2) is 6.61 Å². The van der Waals surface area contributed by atoms with Crippen molar-refractivity contribution in [2.45, 2.75) is 6.92 Å². The van der Waals surface area contributed by atoms with Gasteiger partial charge in [-0.1, -0.05) is 0 Å². The van der Waals surface area contributed by atoms with Crippen LogP contribution in [0.25, 0.3) is 0 Å². The molecular formula is C7H8O3S. The summed E-state index contributed by atoms with van der Waals surface area (Å²) in [5.74, 6) is -0.316. The largest absolute Gasteiger partial charge is 0.481 e. The third kappa shape index (κ3) is 2.59. The summed E-state index contributed by atoms with van der Waals surface area (Å²) >= 11 is 1.54. The quantitative estimate of drug-likeness (QED) is 0.751. The highest BCUT2D eigenvalue weighted by atomic mass is 32.1. The van der Waals surface area contributed by atoms with Gasteiger partial charge in [0.25, 0.3) is 0 Å². The van der Waals surface area contributed by atoms with Crippen molar-refractivity contribution in [1.82, 2.24) is 0 Å². The molecule has 1 aromatic rings. The van der Waals surface area contributed by atoms with E-state index in [-0.39, 0.29) is 6.61 Å². The maximum atomic E-state index is 10.1. The smallest absolute Gasteiger partial charge is 0.341 e. The normalized spacial score (nSPS) is 9.55. The summed E-state index contributed by atoms with van der Waals surface area (Å²) < 4.78 is 4.90. The van der Waals surface area contributed by atoms with Crippen molar-refractivity contribution >= 4 is 17.3 Å². The fourth-order valence-electron chi connectivity index (χ4n) is 0.640. The first kappa shape index (κ1) is 8.07. The molecule has 60 valence electrons. The zero-order chi connectivity index (χ0) is 8.27. The van der Waals surface area contributed by atoms with E-state index in [1.807, 2.05) is 13.0 Å². The molecule has 0 aliphatic heterocycles. The van der Waals surface area contributed by atoms with E-state index in [1.165, 1.54) is 11.3 Å². The predicted molar refractivity (Wildman–Crippen MR) is 42.2 cm³/mol. The van der Waals surface area contributed by atoms with Gasteiger partial charge in [-0.15, -0.1) is 11.3 Å². The molecule has 0 fully saturated rings. The fourth-order valence-corrected chi connectivity index (χ4v) is 1.26. The molecule has 0 aromatic carbocycles. The molecule has 1 heterocycles. The Morgan fingerprint density at radius 2 is 2.55 bits per heavy atom. The first-order valence-electron chi connectivity index (χ1n) is 3.08. The van der Waals surface area contributed by atoms with Crippen LogP contribution in [0.4, 0.5) is 0 Å². The Kier molecular flexibility index (Phi) is 2.48. The van der Waals surface area contributed by atoms with E-state index < -0.39 is 5.97 Å². The lowest BCUT2D eigenvalue weighted by atomic mass is 10.5. The van der Waals surface area contributed by atoms with Crippen LogP contribution in [-0.2, 0) is 4.79 Å². The van der Waals surface area contributed by atoms with Gasteiger partial charge < -0.3 is 9.84 Å². The Morgan fingerprint density at radius 3 is 3.00 bits per heavy atom. The van der Waals surface area contributed by atoms with Crippen molar-refractivity contribution in [1.29, 1.82) is 0 Å². The van der Waals surface area contributed by atoms with Crippen molar-refractivity contribution in [2.24, 2.45) is 0 Å². The average molecular weight is 172 g/mol. The Bertz CT molecular complexity index is 254. The average Bonchev–Trinajstić information content (AvgIpc) is 2.31. The Morgan fingerprint density at radius 1 is 1.82 bits per heavy atom. The van der Waals surface area contributed by atoms with Crippen LogP contribution in [0.15, 0.2) is 11.4 Å². The second-order valence-corrected chi connectivity index (χ2v) is 3.19. The van der Waals surface area contributed by atoms with Gasteiger partial charge >= 0.3 is 5.97 Å². The van der Waals surface area contributed by atoms with E-state index in [4.69, 9.17) is 9.84 Å². The zero-order valence-corrected chi connectivity index (χ0v) is 6.85. The molecule has 4 heteroatoms. The molecule has 0 radical (unpaired) electrons. The number of rotatable bonds is 3. The van der Waals surface area contributed by atoms with Crippen molar-refractivity contribution in [3.05, 3.63) is 16.3 Å². The summed E-state index contributed by atoms with van der Waals surface area (Å²) in [4.78, 5) is 11.2. The molecule has 0 unspecified atom stereocenters. The number of thiophene rings is 1. The molecule has 1 N–H and O–H groups in total. The van der Waals surface area contributed by atoms with E-state index in [2.05, 4.69) is 0 Å². The molecule has 0 saturated carbocycles. The number of aryl methyl sites for hydroxylation is 1. The van der Waals surface area contributed by atoms with Crippen LogP contribution >= 0.6 is 11.3 Å². The predicted octanol–water partition coefficient (Wildman–Crippen LogP) is 1.52. The Hall–Kier alpha value is -1.03. The van der Waals surface area contributed by atoms with Gasteiger partial charge in [0.2, 0.25) is 0 Å². The molecule has 3 nitrogen and oxygen atoms in total. The van der Waals surface area contributed by atoms with E-state index in [0.29, 0.717) is 5.75 Å². The van der Waals surface area contributed by atoms with Gasteiger partial charge in [0.05, 0.1) is 0 Å². The first-order chi connectivity index (χ1) is 5.18. The standard InChI is InChI=1S/C7H8O3S/c1-5-2-6(4-11-5)10-3-7(8)9/h2,4H,3H2,1H3,(H,8,9). The number of ether oxygens (including phenoxy) is 1. The molecule has 0 saturated heterocycles. The van der Waals surface area contributed by atoms with Crippen LogP contribution in [0.1, 0.15) is 4.88 Å². The first-order valence-corrected chi connectivity index (χ1v) is 3.96. The van der Waals surface area contributed by atoms with Crippen molar-refractivity contribution in [3.8, 4) is 5.75 Å². The number of hydrogen-bond acceptors (Lipinski definition) is 3. The second-order valence-electron chi connectivity index (χ2n) is 2.08. The molecule has 11 heavy (non-hydrogen) atoms. The second kappa shape index (κ2) is 3.39. The molecule has 0 bridgehead atoms. The molecule has 0 spiro atoms. The third-order valence-corrected chi connectivity index (χ3v) is 1.91. The zero-order valence-electron chi connectivity index (χ0n) is 6.03. The molecule has 0 aliphatic carbocycles. The molecule has 1 rings (SSSR count). The number of carboxylic acids is 1. The van der Waals surface area contributed by atoms with Gasteiger partial charge in [-0.3, -0.25) is 0 Å². The lowest BCUT2D eigenvalue weighted by Crippen LogP contribution is -2.08. The summed E-state index contributed by atoms with van der Waals surface area (Å²) in [5, 5.41) is 10.0. The molecule has 0 amide bonds. The number of carboxylic acid groups (broad SMARTS) is 1. The minimum Gasteiger partial charge on any atom is -0.481 e. The van der Waals surface area contributed by atoms with E-state index in [9.17, 15) is 4.79 Å². The Balaban J connectivity index is 2.45. The third-order valence-electron chi connectivity index (χ3n) is 1.07. The minimum absolute atomic E-state index is 0.268. The maximum absolute atomic E-state index is 10.1. The molecular weight excluding hydrogens is 164 g/mol. The van der Waals surface area contributed by atoms with E-state index in [1.54, 1.807) is 5.38 Å². The van der Waals surface area contributed by atoms with Crippen LogP contribution in [0.2, 0.25) is 0 Å². The molecule has 0 atom stereocenters. The van der Waals surface area contributed by atoms with Crippen molar-refractivity contribution < 1.29 is 14.6 Å². The van der Waals surface area contributed by atoms with E-state index >= 15 is 0 Å². The van der Waals surface area contributed by atoms with Crippen LogP contribution in [0.3, 0.4) is 0 Å². The van der Waals surface area contributed by atoms with Crippen molar-refractivity contribution in [3.63, 3.8) is 0 Å². The van der Waals surface area contributed by atoms with Crippen molar-refractivity contribution in [2.75, 3.05) is 6.61 Å². The van der Waals surface area contributed by atoms with Crippen LogP contribution in [0, 0.1) is 6.92 Å². The summed E-state index contributed by atoms with van der Waals surface area (Å²) in [5.41, 5.74) is 0. The summed E-state index contributed by atoms with van der Waals surface area (Å²) in [6.45, 7) is 1.68. The van der Waals surface area contributed by atoms with Crippen LogP contribution < -0.4 is 4.74 Å². The lowest BCUT2D eigenvalue weighted by molar-refractivity contribution is -0.139. The Labute approximate surface area is 68.2 Å². The van der Waals surface area contributed by atoms with Gasteiger partial charge in [-0.05, 0) is 13.0 Å². The minimum atomic E-state index is -0.950. The SMILES string of the molecule is Cc1cc(OCC(=O)O)cs1. The van der Waals surface area contributed by atoms with Crippen LogP contribution in [-0.4, -0.2) is 17.7 Å². The topological polar surface area (TPSA) is 46.5 Å². The van der Waals surface area contributed by atoms with Gasteiger partial charge in [0.1, 0.15) is 5.75 Å². The highest BCUT2D eigenvalue weighted by Crippen LogP contribution is 2.19. The fraction of sp³-hybridized carbons (Fsp3) is 0.286. The lowest BCUT2D eigenvalue weighted by Gasteiger charge is -1.96. The maximum Gasteiger partial charge on any atom is 0.341 e. The summed E-state index contributed by atoms with van der Waals surface area (Å²) in [6, 6.07) is 1.81. The molecule has 0 aliphatic rings. The number of carbonyl (C=O) groups is 1. The van der Waals surface area contributed by atoms with E-state index in [0.717, 1.165) is 4.88 Å². The van der Waals surface area contributed by atoms with Gasteiger partial charge in [-0.25, -0.2) is 4.79 Å². The van der Waals surface area contributed by atoms with Crippen LogP contribution in [0.5, 0.6) is 5.75 Å². The van der Waals surface area contributed by atoms with Gasteiger partial charge in [-0.2, -0.15) is 0 Å². The van der Waals surface area contributed by atoms with Gasteiger partial charge in [0, 0.05) is 10.3 Å². The monoisotopic (exact) mass is 172 g/mol. The number of aliphatic carboxylic acids is 1. The highest BCUT2D eigenvalue weighted by Gasteiger charge is 1.99. The molecule has 1 aromatic heterocycles. The number of hydrogen-bond donors (Lipinski definition) is 1. The summed E-state index contributed by atoms with van der Waals surface area (Å²) in [6.07, 6.45) is 0.